The van der Waals surface area contributed by atoms with Gasteiger partial charge in [0.2, 0.25) is 15.5 Å². The fourth-order valence-electron chi connectivity index (χ4n) is 5.44. The number of nitrogens with one attached hydrogen (secondary N) is 2. The van der Waals surface area contributed by atoms with Crippen LogP contribution in [0.5, 0.6) is 0 Å². The number of ether oxygens (including phenoxy) is 2. The summed E-state index contributed by atoms with van der Waals surface area (Å²) in [6.45, 7) is -1.49. The van der Waals surface area contributed by atoms with Crippen molar-refractivity contribution in [1.29, 1.82) is 0 Å². The Bertz CT molecular complexity index is 1690. The van der Waals surface area contributed by atoms with Crippen molar-refractivity contribution in [2.75, 3.05) is 24.7 Å². The van der Waals surface area contributed by atoms with E-state index in [2.05, 4.69) is 40.1 Å². The lowest BCUT2D eigenvalue weighted by Crippen LogP contribution is -2.50. The Morgan fingerprint density at radius 1 is 0.750 bits per heavy atom. The van der Waals surface area contributed by atoms with E-state index in [1.807, 2.05) is 0 Å². The third kappa shape index (κ3) is 5.04. The van der Waals surface area contributed by atoms with Crippen molar-refractivity contribution in [3.63, 3.8) is 0 Å². The summed E-state index contributed by atoms with van der Waals surface area (Å²) in [5.74, 6) is 0.113. The molecule has 0 saturated carbocycles. The van der Waals surface area contributed by atoms with Crippen LogP contribution in [-0.4, -0.2) is 99.0 Å². The van der Waals surface area contributed by atoms with Crippen LogP contribution >= 0.6 is 15.5 Å². The number of aliphatic hydroxyl groups is 2. The van der Waals surface area contributed by atoms with E-state index in [1.165, 1.54) is 34.4 Å². The lowest BCUT2D eigenvalue weighted by molar-refractivity contribution is -0.209. The van der Waals surface area contributed by atoms with Gasteiger partial charge in [-0.3, -0.25) is 18.3 Å². The van der Waals surface area contributed by atoms with Crippen molar-refractivity contribution in [1.82, 2.24) is 49.2 Å². The number of nitrogens with zero attached hydrogens (tertiary/aromatic N) is 8. The zero-order valence-electron chi connectivity index (χ0n) is 22.1. The lowest BCUT2D eigenvalue weighted by Gasteiger charge is -2.36. The van der Waals surface area contributed by atoms with Gasteiger partial charge in [-0.2, -0.15) is 0 Å². The summed E-state index contributed by atoms with van der Waals surface area (Å²) in [5, 5.41) is 26.7. The summed E-state index contributed by atoms with van der Waals surface area (Å²) in [6, 6.07) is -2.89. The standard InChI is InChI=1S/C20H26N12O10P2/c21-15-11-17(25-3-23-15)31(5-27-11)19-13(33)9-7(41-19)1-39-43(35,36)30-10-8(2-40-44(37,38)29-9)42-20(14(10)34)32-6-28-12-16(22)24-4-26-18(12)32/h3-10,13-14,19-20,33-34H,1-2H2,(H2,21,23,25)(H2,22,24,26)(H2,29,37,38)(H2,30,35,36)/p-2/t7-,8-,9-,10-,13-,14-,19-,20-/m1/s1. The van der Waals surface area contributed by atoms with Gasteiger partial charge in [-0.05, 0) is 0 Å². The molecule has 3 saturated heterocycles. The smallest absolute Gasteiger partial charge is 0.204 e. The van der Waals surface area contributed by atoms with E-state index in [0.717, 1.165) is 0 Å². The zero-order valence-corrected chi connectivity index (χ0v) is 23.9. The Balaban J connectivity index is 1.17. The van der Waals surface area contributed by atoms with Crippen LogP contribution < -0.4 is 31.4 Å². The highest BCUT2D eigenvalue weighted by Crippen LogP contribution is 2.45. The predicted molar refractivity (Wildman–Crippen MR) is 140 cm³/mol. The van der Waals surface area contributed by atoms with E-state index >= 15 is 0 Å². The van der Waals surface area contributed by atoms with Gasteiger partial charge in [0.05, 0.1) is 38.0 Å². The number of imidazole rings is 2. The number of nitrogens with two attached hydrogens (primary N) is 2. The fourth-order valence-corrected chi connectivity index (χ4v) is 7.65. The molecule has 4 aromatic rings. The van der Waals surface area contributed by atoms with E-state index in [-0.39, 0.29) is 34.0 Å². The topological polar surface area (TPSA) is 321 Å². The molecule has 3 aliphatic rings. The minimum absolute atomic E-state index is 0.0563. The second kappa shape index (κ2) is 10.7. The first-order chi connectivity index (χ1) is 20.9. The molecule has 3 fully saturated rings. The van der Waals surface area contributed by atoms with Crippen LogP contribution in [0, 0.1) is 0 Å². The lowest BCUT2D eigenvalue weighted by atomic mass is 10.1. The van der Waals surface area contributed by atoms with Gasteiger partial charge in [-0.1, -0.05) is 0 Å². The summed E-state index contributed by atoms with van der Waals surface area (Å²) in [5.41, 5.74) is 12.4. The maximum absolute atomic E-state index is 13.1. The van der Waals surface area contributed by atoms with Crippen molar-refractivity contribution >= 4 is 49.5 Å². The highest BCUT2D eigenvalue weighted by Gasteiger charge is 2.50. The molecular weight excluding hydrogens is 630 g/mol. The molecule has 236 valence electrons. The molecule has 10 atom stereocenters. The van der Waals surface area contributed by atoms with E-state index in [0.29, 0.717) is 0 Å². The minimum atomic E-state index is -4.99. The molecule has 7 heterocycles. The van der Waals surface area contributed by atoms with Crippen molar-refractivity contribution in [3.05, 3.63) is 25.3 Å². The van der Waals surface area contributed by atoms with E-state index in [9.17, 15) is 29.1 Å². The van der Waals surface area contributed by atoms with E-state index in [4.69, 9.17) is 30.0 Å². The second-order valence-electron chi connectivity index (χ2n) is 10.2. The van der Waals surface area contributed by atoms with Gasteiger partial charge >= 0.3 is 0 Å². The fraction of sp³-hybridized carbons (Fsp3) is 0.500. The number of hydrogen-bond acceptors (Lipinski definition) is 18. The number of nitrogen functional groups attached to an aromatic ring is 2. The molecule has 3 aliphatic heterocycles. The first kappa shape index (κ1) is 29.5. The summed E-state index contributed by atoms with van der Waals surface area (Å²) in [7, 11) is -9.98. The van der Waals surface area contributed by atoms with Crippen LogP contribution in [-0.2, 0) is 27.7 Å². The SMILES string of the molecule is Nc1ncnc2c1ncn2[C@@H]1O[C@@H]2COP(=O)([O-])N[C@H]3[C@@H](O)[C@H](n4cnc5c(N)ncnc54)O[C@@H]3COP(=O)([O-])N[C@H]2[C@H]1O. The average molecular weight is 654 g/mol. The monoisotopic (exact) mass is 654 g/mol. The Morgan fingerprint density at radius 2 is 1.16 bits per heavy atom. The number of hydrogen-bond donors (Lipinski definition) is 6. The number of aliphatic hydroxyl groups excluding tert-OH is 2. The average Bonchev–Trinajstić information content (AvgIpc) is 3.73. The highest BCUT2D eigenvalue weighted by molar-refractivity contribution is 7.49. The van der Waals surface area contributed by atoms with Gasteiger partial charge in [0.25, 0.3) is 0 Å². The molecule has 0 spiro atoms. The summed E-state index contributed by atoms with van der Waals surface area (Å²) in [6.07, 6.45) is -3.65. The molecule has 0 amide bonds. The van der Waals surface area contributed by atoms with Gasteiger partial charge in [-0.25, -0.2) is 40.1 Å². The van der Waals surface area contributed by atoms with Gasteiger partial charge in [-0.15, -0.1) is 0 Å². The van der Waals surface area contributed by atoms with Crippen molar-refractivity contribution in [2.24, 2.45) is 0 Å². The highest BCUT2D eigenvalue weighted by atomic mass is 31.2. The molecule has 8 N–H and O–H groups in total. The van der Waals surface area contributed by atoms with Crippen LogP contribution in [0.3, 0.4) is 0 Å². The molecular formula is C20H24N12O10P2-2. The first-order valence-electron chi connectivity index (χ1n) is 12.9. The normalized spacial score (nSPS) is 38.3. The maximum atomic E-state index is 13.1. The molecule has 44 heavy (non-hydrogen) atoms. The predicted octanol–water partition coefficient (Wildman–Crippen LogP) is -3.75. The van der Waals surface area contributed by atoms with Crippen LogP contribution in [0.1, 0.15) is 12.5 Å². The van der Waals surface area contributed by atoms with Gasteiger partial charge in [0.15, 0.2) is 35.4 Å². The number of anilines is 2. The first-order valence-corrected chi connectivity index (χ1v) is 16.0. The molecule has 0 aromatic carbocycles. The Kier molecular flexibility index (Phi) is 7.16. The van der Waals surface area contributed by atoms with Crippen LogP contribution in [0.4, 0.5) is 11.6 Å². The molecule has 0 bridgehead atoms. The van der Waals surface area contributed by atoms with Gasteiger partial charge < -0.3 is 50.0 Å². The van der Waals surface area contributed by atoms with E-state index in [1.54, 1.807) is 0 Å². The third-order valence-corrected chi connectivity index (χ3v) is 9.71. The van der Waals surface area contributed by atoms with Gasteiger partial charge in [0.1, 0.15) is 48.1 Å². The molecule has 22 nitrogen and oxygen atoms in total. The van der Waals surface area contributed by atoms with Gasteiger partial charge in [0, 0.05) is 0 Å². The third-order valence-electron chi connectivity index (χ3n) is 7.50. The molecule has 4 aromatic heterocycles. The Hall–Kier alpha value is -3.24. The van der Waals surface area contributed by atoms with Crippen LogP contribution in [0.15, 0.2) is 25.3 Å². The van der Waals surface area contributed by atoms with Crippen molar-refractivity contribution in [2.45, 2.75) is 49.0 Å². The largest absolute Gasteiger partial charge is 0.766 e. The summed E-state index contributed by atoms with van der Waals surface area (Å²) >= 11 is 0. The Labute approximate surface area is 245 Å². The number of aromatic nitrogens is 8. The Morgan fingerprint density at radius 3 is 1.57 bits per heavy atom. The van der Waals surface area contributed by atoms with Crippen LogP contribution in [0.2, 0.25) is 0 Å². The molecule has 0 aliphatic carbocycles. The summed E-state index contributed by atoms with van der Waals surface area (Å²) < 4.78 is 50.8. The maximum Gasteiger partial charge on any atom is 0.204 e. The number of fused-ring (bicyclic) bond motifs is 4. The second-order valence-corrected chi connectivity index (χ2v) is 13.2. The molecule has 0 radical (unpaired) electrons. The minimum Gasteiger partial charge on any atom is -0.766 e. The number of rotatable bonds is 2. The molecule has 2 unspecified atom stereocenters. The van der Waals surface area contributed by atoms with Crippen molar-refractivity contribution in [3.8, 4) is 0 Å². The van der Waals surface area contributed by atoms with Crippen molar-refractivity contribution < 1.29 is 47.7 Å². The zero-order chi connectivity index (χ0) is 31.0. The molecule has 7 rings (SSSR count). The molecule has 24 heteroatoms. The van der Waals surface area contributed by atoms with E-state index < -0.39 is 77.7 Å². The van der Waals surface area contributed by atoms with Crippen LogP contribution in [0.25, 0.3) is 22.3 Å². The quantitative estimate of drug-likeness (QED) is 0.113. The summed E-state index contributed by atoms with van der Waals surface area (Å²) in [4.78, 5) is 50.2.